The molecule has 4 aliphatic carbocycles. The summed E-state index contributed by atoms with van der Waals surface area (Å²) in [5.41, 5.74) is 19.7. The van der Waals surface area contributed by atoms with Gasteiger partial charge in [-0.1, -0.05) is 212 Å². The van der Waals surface area contributed by atoms with E-state index in [1.54, 1.807) is 11.1 Å². The summed E-state index contributed by atoms with van der Waals surface area (Å²) in [6, 6.07) is 43.5. The van der Waals surface area contributed by atoms with Gasteiger partial charge in [-0.3, -0.25) is 5.32 Å². The first-order chi connectivity index (χ1) is 32.3. The van der Waals surface area contributed by atoms with Crippen LogP contribution in [0, 0.1) is 5.92 Å². The van der Waals surface area contributed by atoms with E-state index in [9.17, 15) is 0 Å². The molecule has 1 N–H and O–H groups in total. The van der Waals surface area contributed by atoms with E-state index >= 15 is 0 Å². The number of hydrogen-bond donors (Lipinski definition) is 1. The standard InChI is InChI=1S/C63H60N2/c1-2-9-24-47(23-8-1)55-41-42-65-62(51-29-16-6-17-30-51)61(56-33-18-7-19-34-57(56)63(65)60(55)50-27-14-5-15-28-50)54-32-20-31-52(43-54)46-35-37-49(38-36-46)58-40-39-53(45-21-10-3-11-22-45)44-59(64-58)48-25-12-4-13-26-48/h1,3-6,8-16,19-29,32,34-38,41,43-44,52,58-59,61-62,64H,2,7,17-18,30-31,33,39-40,42H2. The van der Waals surface area contributed by atoms with Gasteiger partial charge < -0.3 is 4.90 Å². The van der Waals surface area contributed by atoms with Crippen molar-refractivity contribution in [1.82, 2.24) is 10.2 Å². The molecule has 3 aliphatic heterocycles. The highest BCUT2D eigenvalue weighted by molar-refractivity contribution is 5.91. The molecule has 5 unspecified atom stereocenters. The van der Waals surface area contributed by atoms with Crippen LogP contribution in [0.3, 0.4) is 0 Å². The molecule has 4 aromatic carbocycles. The molecule has 0 aromatic heterocycles. The Bertz CT molecular complexity index is 2780. The summed E-state index contributed by atoms with van der Waals surface area (Å²) in [5, 5.41) is 4.08. The molecular formula is C63H60N2. The minimum atomic E-state index is 0.146. The first kappa shape index (κ1) is 41.2. The van der Waals surface area contributed by atoms with Crippen molar-refractivity contribution < 1.29 is 0 Å². The summed E-state index contributed by atoms with van der Waals surface area (Å²) in [6.07, 6.45) is 45.9. The minimum Gasteiger partial charge on any atom is -0.359 e. The molecule has 0 saturated carbocycles. The zero-order valence-corrected chi connectivity index (χ0v) is 37.5. The zero-order chi connectivity index (χ0) is 43.4. The Morgan fingerprint density at radius 2 is 1.37 bits per heavy atom. The van der Waals surface area contributed by atoms with Gasteiger partial charge in [0.15, 0.2) is 0 Å². The van der Waals surface area contributed by atoms with Crippen LogP contribution in [0.1, 0.15) is 104 Å². The van der Waals surface area contributed by atoms with Crippen LogP contribution in [-0.4, -0.2) is 17.5 Å². The third kappa shape index (κ3) is 8.49. The van der Waals surface area contributed by atoms with E-state index in [1.165, 1.54) is 73.4 Å². The van der Waals surface area contributed by atoms with Gasteiger partial charge in [0.25, 0.3) is 0 Å². The largest absolute Gasteiger partial charge is 0.359 e. The van der Waals surface area contributed by atoms with Crippen LogP contribution >= 0.6 is 0 Å². The quantitative estimate of drug-likeness (QED) is 0.190. The van der Waals surface area contributed by atoms with E-state index in [2.05, 4.69) is 217 Å². The van der Waals surface area contributed by atoms with Crippen LogP contribution in [0.4, 0.5) is 0 Å². The molecule has 65 heavy (non-hydrogen) atoms. The molecule has 0 radical (unpaired) electrons. The maximum absolute atomic E-state index is 4.08. The monoisotopic (exact) mass is 844 g/mol. The predicted octanol–water partition coefficient (Wildman–Crippen LogP) is 15.3. The molecule has 3 heterocycles. The lowest BCUT2D eigenvalue weighted by Gasteiger charge is -2.50. The van der Waals surface area contributed by atoms with Crippen LogP contribution < -0.4 is 5.32 Å². The fourth-order valence-electron chi connectivity index (χ4n) is 11.6. The van der Waals surface area contributed by atoms with Crippen LogP contribution in [-0.2, 0) is 0 Å². The van der Waals surface area contributed by atoms with Crippen LogP contribution in [0.2, 0.25) is 0 Å². The molecule has 4 aromatic rings. The van der Waals surface area contributed by atoms with E-state index in [1.807, 2.05) is 0 Å². The lowest BCUT2D eigenvalue weighted by molar-refractivity contribution is 0.250. The number of allylic oxidation sites excluding steroid dienone is 17. The lowest BCUT2D eigenvalue weighted by atomic mass is 9.68. The second-order valence-corrected chi connectivity index (χ2v) is 18.7. The average molecular weight is 845 g/mol. The number of benzene rings is 4. The Labute approximate surface area is 387 Å². The van der Waals surface area contributed by atoms with E-state index in [0.29, 0.717) is 5.92 Å². The van der Waals surface area contributed by atoms with E-state index in [4.69, 9.17) is 0 Å². The van der Waals surface area contributed by atoms with Crippen molar-refractivity contribution in [1.29, 1.82) is 0 Å². The Balaban J connectivity index is 0.967. The maximum atomic E-state index is 4.08. The summed E-state index contributed by atoms with van der Waals surface area (Å²) in [6.45, 7) is 0.882. The van der Waals surface area contributed by atoms with Crippen molar-refractivity contribution in [3.8, 4) is 0 Å². The molecule has 7 aliphatic rings. The molecule has 11 rings (SSSR count). The number of nitrogens with zero attached hydrogens (tertiary/aromatic N) is 1. The van der Waals surface area contributed by atoms with Crippen molar-refractivity contribution in [2.75, 3.05) is 6.54 Å². The minimum absolute atomic E-state index is 0.146. The van der Waals surface area contributed by atoms with Gasteiger partial charge in [-0.25, -0.2) is 0 Å². The molecule has 0 spiro atoms. The first-order valence-corrected chi connectivity index (χ1v) is 24.4. The summed E-state index contributed by atoms with van der Waals surface area (Å²) < 4.78 is 0. The normalized spacial score (nSPS) is 25.3. The maximum Gasteiger partial charge on any atom is 0.0615 e. The second-order valence-electron chi connectivity index (χ2n) is 18.7. The van der Waals surface area contributed by atoms with Crippen molar-refractivity contribution in [2.45, 2.75) is 81.8 Å². The van der Waals surface area contributed by atoms with Gasteiger partial charge in [0.1, 0.15) is 0 Å². The van der Waals surface area contributed by atoms with Gasteiger partial charge in [0.05, 0.1) is 17.8 Å². The highest BCUT2D eigenvalue weighted by atomic mass is 15.2. The smallest absolute Gasteiger partial charge is 0.0615 e. The van der Waals surface area contributed by atoms with E-state index in [-0.39, 0.29) is 24.0 Å². The highest BCUT2D eigenvalue weighted by Gasteiger charge is 2.44. The molecule has 2 nitrogen and oxygen atoms in total. The van der Waals surface area contributed by atoms with Crippen molar-refractivity contribution in [2.24, 2.45) is 5.92 Å². The predicted molar refractivity (Wildman–Crippen MR) is 273 cm³/mol. The van der Waals surface area contributed by atoms with Crippen molar-refractivity contribution in [3.63, 3.8) is 0 Å². The average Bonchev–Trinajstić information content (AvgIpc) is 3.90. The fraction of sp³-hybridized carbons (Fsp3) is 0.238. The van der Waals surface area contributed by atoms with Crippen molar-refractivity contribution >= 4 is 11.1 Å². The molecule has 0 fully saturated rings. The first-order valence-electron chi connectivity index (χ1n) is 24.4. The van der Waals surface area contributed by atoms with Gasteiger partial charge in [-0.15, -0.1) is 0 Å². The van der Waals surface area contributed by atoms with Gasteiger partial charge in [-0.05, 0) is 119 Å². The molecule has 0 amide bonds. The molecule has 0 bridgehead atoms. The van der Waals surface area contributed by atoms with Crippen LogP contribution in [0.5, 0.6) is 0 Å². The summed E-state index contributed by atoms with van der Waals surface area (Å²) in [4.78, 5) is 2.82. The molecule has 322 valence electrons. The summed E-state index contributed by atoms with van der Waals surface area (Å²) >= 11 is 0. The van der Waals surface area contributed by atoms with Crippen LogP contribution in [0.25, 0.3) is 11.1 Å². The Hall–Kier alpha value is -6.48. The fourth-order valence-corrected chi connectivity index (χ4v) is 11.6. The molecule has 5 atom stereocenters. The number of hydrogen-bond acceptors (Lipinski definition) is 2. The molecule has 0 saturated heterocycles. The van der Waals surface area contributed by atoms with Crippen molar-refractivity contribution in [3.05, 3.63) is 273 Å². The Morgan fingerprint density at radius 3 is 2.17 bits per heavy atom. The second kappa shape index (κ2) is 18.9. The molecule has 2 heteroatoms. The van der Waals surface area contributed by atoms with E-state index in [0.717, 1.165) is 57.9 Å². The lowest BCUT2D eigenvalue weighted by Crippen LogP contribution is -2.48. The number of nitrogens with one attached hydrogen (secondary N) is 1. The topological polar surface area (TPSA) is 15.3 Å². The Morgan fingerprint density at radius 1 is 0.600 bits per heavy atom. The Kier molecular flexibility index (Phi) is 12.0. The van der Waals surface area contributed by atoms with Gasteiger partial charge in [-0.2, -0.15) is 0 Å². The van der Waals surface area contributed by atoms with E-state index < -0.39 is 0 Å². The summed E-state index contributed by atoms with van der Waals surface area (Å²) in [7, 11) is 0. The third-order valence-electron chi connectivity index (χ3n) is 14.8. The van der Waals surface area contributed by atoms with Gasteiger partial charge >= 0.3 is 0 Å². The number of rotatable bonds is 8. The summed E-state index contributed by atoms with van der Waals surface area (Å²) in [5.74, 6) is 0.600. The van der Waals surface area contributed by atoms with Gasteiger partial charge in [0.2, 0.25) is 0 Å². The van der Waals surface area contributed by atoms with Gasteiger partial charge in [0, 0.05) is 30.0 Å². The third-order valence-corrected chi connectivity index (χ3v) is 14.8. The van der Waals surface area contributed by atoms with Crippen LogP contribution in [0.15, 0.2) is 246 Å². The zero-order valence-electron chi connectivity index (χ0n) is 37.5. The number of fused-ring (bicyclic) bond motifs is 2. The SMILES string of the molecule is C1=CCC=CC(C2=CCN3C(=C2c2ccccc2)C2=C(CCCC=C2)C(C2=CC(c4ccc(C5CCC(c6ccccc6)=CC(c6ccccc6)N5)cc4)CC=C2)C3C2=CC=CCC2)=C1. The highest BCUT2D eigenvalue weighted by Crippen LogP contribution is 2.52. The molecular weight excluding hydrogens is 785 g/mol.